The van der Waals surface area contributed by atoms with Crippen molar-refractivity contribution in [2.45, 2.75) is 6.04 Å². The zero-order valence-corrected chi connectivity index (χ0v) is 18.2. The average molecular weight is 466 g/mol. The Morgan fingerprint density at radius 3 is 2.67 bits per heavy atom. The van der Waals surface area contributed by atoms with E-state index in [0.717, 1.165) is 0 Å². The SMILES string of the molecule is COc1cc(C2/C(=C(\O)c3ccc4c(c3)OCCO4)C(=O)C(=O)N2c2nccs2)ccc1O. The summed E-state index contributed by atoms with van der Waals surface area (Å²) in [4.78, 5) is 31.6. The van der Waals surface area contributed by atoms with Crippen LogP contribution in [0.15, 0.2) is 53.5 Å². The molecule has 1 fully saturated rings. The number of Topliss-reactive ketones (excluding diaryl/α,β-unsaturated/α-hetero) is 1. The molecule has 5 rings (SSSR count). The number of carbonyl (C=O) groups is 2. The van der Waals surface area contributed by atoms with Crippen LogP contribution in [0.4, 0.5) is 5.13 Å². The second kappa shape index (κ2) is 8.14. The molecule has 0 saturated carbocycles. The number of phenolic OH excluding ortho intramolecular Hbond substituents is 1. The van der Waals surface area contributed by atoms with E-state index in [1.54, 1.807) is 29.6 Å². The lowest BCUT2D eigenvalue weighted by atomic mass is 9.95. The lowest BCUT2D eigenvalue weighted by Gasteiger charge is -2.23. The number of anilines is 1. The quantitative estimate of drug-likeness (QED) is 0.342. The van der Waals surface area contributed by atoms with Gasteiger partial charge in [0.1, 0.15) is 19.0 Å². The monoisotopic (exact) mass is 466 g/mol. The molecule has 3 aromatic rings. The fraction of sp³-hybridized carbons (Fsp3) is 0.174. The Labute approximate surface area is 192 Å². The number of ether oxygens (including phenoxy) is 3. The van der Waals surface area contributed by atoms with E-state index in [2.05, 4.69) is 4.98 Å². The fourth-order valence-corrected chi connectivity index (χ4v) is 4.56. The summed E-state index contributed by atoms with van der Waals surface area (Å²) in [5.41, 5.74) is 0.643. The van der Waals surface area contributed by atoms with E-state index in [9.17, 15) is 19.8 Å². The maximum atomic E-state index is 13.2. The van der Waals surface area contributed by atoms with Crippen LogP contribution in [0, 0.1) is 0 Å². The standard InChI is InChI=1S/C23H18N2O7S/c1-30-16-10-12(2-4-14(16)26)19-18(21(28)22(29)25(19)23-24-6-9-33-23)20(27)13-3-5-15-17(11-13)32-8-7-31-15/h2-6,9-11,19,26-27H,7-8H2,1H3/b20-18+. The number of aliphatic hydroxyl groups is 1. The largest absolute Gasteiger partial charge is 0.507 e. The number of aromatic hydroxyl groups is 1. The molecule has 2 N–H and O–H groups in total. The number of phenols is 1. The van der Waals surface area contributed by atoms with E-state index in [1.807, 2.05) is 0 Å². The van der Waals surface area contributed by atoms with Gasteiger partial charge in [0.05, 0.1) is 18.7 Å². The highest BCUT2D eigenvalue weighted by molar-refractivity contribution is 7.14. The van der Waals surface area contributed by atoms with Gasteiger partial charge in [-0.15, -0.1) is 11.3 Å². The molecule has 1 atom stereocenters. The van der Waals surface area contributed by atoms with E-state index < -0.39 is 17.7 Å². The van der Waals surface area contributed by atoms with Crippen LogP contribution >= 0.6 is 11.3 Å². The van der Waals surface area contributed by atoms with Crippen LogP contribution in [0.5, 0.6) is 23.0 Å². The second-order valence-corrected chi connectivity index (χ2v) is 8.15. The summed E-state index contributed by atoms with van der Waals surface area (Å²) >= 11 is 1.19. The van der Waals surface area contributed by atoms with Crippen LogP contribution in [-0.2, 0) is 9.59 Å². The summed E-state index contributed by atoms with van der Waals surface area (Å²) in [5.74, 6) is -1.00. The summed E-state index contributed by atoms with van der Waals surface area (Å²) < 4.78 is 16.3. The smallest absolute Gasteiger partial charge is 0.301 e. The van der Waals surface area contributed by atoms with Gasteiger partial charge in [-0.25, -0.2) is 4.98 Å². The molecular formula is C23H18N2O7S. The molecule has 33 heavy (non-hydrogen) atoms. The Hall–Kier alpha value is -4.05. The predicted octanol–water partition coefficient (Wildman–Crippen LogP) is 3.25. The number of methoxy groups -OCH3 is 1. The van der Waals surface area contributed by atoms with Gasteiger partial charge in [0.15, 0.2) is 28.1 Å². The molecule has 0 bridgehead atoms. The van der Waals surface area contributed by atoms with E-state index >= 15 is 0 Å². The van der Waals surface area contributed by atoms with Crippen LogP contribution in [0.1, 0.15) is 17.2 Å². The Morgan fingerprint density at radius 2 is 1.94 bits per heavy atom. The molecule has 1 aromatic heterocycles. The molecule has 0 aliphatic carbocycles. The van der Waals surface area contributed by atoms with Crippen molar-refractivity contribution in [1.82, 2.24) is 4.98 Å². The number of hydrogen-bond donors (Lipinski definition) is 2. The van der Waals surface area contributed by atoms with Crippen LogP contribution < -0.4 is 19.1 Å². The third-order valence-electron chi connectivity index (χ3n) is 5.40. The number of fused-ring (bicyclic) bond motifs is 1. The van der Waals surface area contributed by atoms with Crippen molar-refractivity contribution in [2.24, 2.45) is 0 Å². The van der Waals surface area contributed by atoms with Crippen molar-refractivity contribution in [3.05, 3.63) is 64.7 Å². The zero-order valence-electron chi connectivity index (χ0n) is 17.3. The molecule has 1 amide bonds. The van der Waals surface area contributed by atoms with Gasteiger partial charge in [0.25, 0.3) is 5.78 Å². The average Bonchev–Trinajstić information content (AvgIpc) is 3.45. The molecule has 2 aliphatic rings. The number of rotatable bonds is 4. The summed E-state index contributed by atoms with van der Waals surface area (Å²) in [6, 6.07) is 8.29. The van der Waals surface area contributed by atoms with Crippen molar-refractivity contribution in [3.8, 4) is 23.0 Å². The van der Waals surface area contributed by atoms with Gasteiger partial charge in [-0.05, 0) is 35.9 Å². The van der Waals surface area contributed by atoms with Crippen LogP contribution in [-0.4, -0.2) is 47.2 Å². The van der Waals surface area contributed by atoms with Gasteiger partial charge in [0, 0.05) is 17.1 Å². The highest BCUT2D eigenvalue weighted by Crippen LogP contribution is 2.45. The highest BCUT2D eigenvalue weighted by atomic mass is 32.1. The molecular weight excluding hydrogens is 448 g/mol. The maximum Gasteiger partial charge on any atom is 0.301 e. The predicted molar refractivity (Wildman–Crippen MR) is 119 cm³/mol. The van der Waals surface area contributed by atoms with E-state index in [-0.39, 0.29) is 22.8 Å². The first-order valence-electron chi connectivity index (χ1n) is 9.97. The molecule has 0 spiro atoms. The number of amides is 1. The van der Waals surface area contributed by atoms with Crippen LogP contribution in [0.25, 0.3) is 5.76 Å². The van der Waals surface area contributed by atoms with Crippen molar-refractivity contribution < 1.29 is 34.0 Å². The lowest BCUT2D eigenvalue weighted by Crippen LogP contribution is -2.29. The number of nitrogens with zero attached hydrogens (tertiary/aromatic N) is 2. The van der Waals surface area contributed by atoms with Crippen LogP contribution in [0.2, 0.25) is 0 Å². The second-order valence-electron chi connectivity index (χ2n) is 7.27. The topological polar surface area (TPSA) is 118 Å². The number of thiazole rings is 1. The number of aromatic nitrogens is 1. The molecule has 10 heteroatoms. The lowest BCUT2D eigenvalue weighted by molar-refractivity contribution is -0.132. The van der Waals surface area contributed by atoms with E-state index in [1.165, 1.54) is 41.7 Å². The first kappa shape index (κ1) is 20.8. The Kier molecular flexibility index (Phi) is 5.14. The molecule has 2 aromatic carbocycles. The summed E-state index contributed by atoms with van der Waals surface area (Å²) in [6.07, 6.45) is 1.52. The minimum atomic E-state index is -0.987. The van der Waals surface area contributed by atoms with Crippen molar-refractivity contribution in [1.29, 1.82) is 0 Å². The highest BCUT2D eigenvalue weighted by Gasteiger charge is 2.48. The first-order chi connectivity index (χ1) is 16.0. The first-order valence-corrected chi connectivity index (χ1v) is 10.8. The van der Waals surface area contributed by atoms with Gasteiger partial charge in [-0.1, -0.05) is 6.07 Å². The van der Waals surface area contributed by atoms with E-state index in [0.29, 0.717) is 41.0 Å². The minimum Gasteiger partial charge on any atom is -0.507 e. The zero-order chi connectivity index (χ0) is 23.1. The Balaban J connectivity index is 1.70. The third-order valence-corrected chi connectivity index (χ3v) is 6.18. The molecule has 3 heterocycles. The molecule has 2 aliphatic heterocycles. The van der Waals surface area contributed by atoms with Gasteiger partial charge >= 0.3 is 5.91 Å². The molecule has 9 nitrogen and oxygen atoms in total. The fourth-order valence-electron chi connectivity index (χ4n) is 3.89. The molecule has 1 unspecified atom stereocenters. The van der Waals surface area contributed by atoms with Gasteiger partial charge in [-0.2, -0.15) is 0 Å². The minimum absolute atomic E-state index is 0.0979. The molecule has 1 saturated heterocycles. The number of benzene rings is 2. The number of aliphatic hydroxyl groups excluding tert-OH is 1. The third kappa shape index (κ3) is 3.44. The van der Waals surface area contributed by atoms with E-state index in [4.69, 9.17) is 14.2 Å². The van der Waals surface area contributed by atoms with Gasteiger partial charge in [-0.3, -0.25) is 14.5 Å². The maximum absolute atomic E-state index is 13.2. The molecule has 168 valence electrons. The Bertz CT molecular complexity index is 1290. The summed E-state index contributed by atoms with van der Waals surface area (Å²) in [5, 5.41) is 23.2. The Morgan fingerprint density at radius 1 is 1.15 bits per heavy atom. The number of hydrogen-bond acceptors (Lipinski definition) is 9. The number of carbonyl (C=O) groups excluding carboxylic acids is 2. The van der Waals surface area contributed by atoms with Crippen molar-refractivity contribution in [3.63, 3.8) is 0 Å². The van der Waals surface area contributed by atoms with Gasteiger partial charge in [0.2, 0.25) is 0 Å². The van der Waals surface area contributed by atoms with Crippen molar-refractivity contribution in [2.75, 3.05) is 25.2 Å². The number of ketones is 1. The van der Waals surface area contributed by atoms with Crippen LogP contribution in [0.3, 0.4) is 0 Å². The summed E-state index contributed by atoms with van der Waals surface area (Å²) in [7, 11) is 1.39. The summed E-state index contributed by atoms with van der Waals surface area (Å²) in [6.45, 7) is 0.777. The van der Waals surface area contributed by atoms with Gasteiger partial charge < -0.3 is 24.4 Å². The normalized spacial score (nSPS) is 19.1. The van der Waals surface area contributed by atoms with Crippen molar-refractivity contribution >= 4 is 33.9 Å². The molecule has 0 radical (unpaired) electrons.